The largest absolute Gasteiger partial charge is 0.505 e. The first kappa shape index (κ1) is 13.8. The average Bonchev–Trinajstić information content (AvgIpc) is 2.19. The number of carbonyl (C=O) groups excluding carboxylic acids is 1. The normalized spacial score (nSPS) is 11.4. The van der Waals surface area contributed by atoms with Crippen molar-refractivity contribution in [1.29, 1.82) is 0 Å². The molecule has 0 atom stereocenters. The van der Waals surface area contributed by atoms with Gasteiger partial charge in [-0.2, -0.15) is 0 Å². The first-order chi connectivity index (χ1) is 7.76. The molecular weight excluding hydrogens is 244 g/mol. The summed E-state index contributed by atoms with van der Waals surface area (Å²) in [6.45, 7) is 4.47. The smallest absolute Gasteiger partial charge is 0.342 e. The van der Waals surface area contributed by atoms with Gasteiger partial charge in [-0.3, -0.25) is 0 Å². The molecule has 1 radical (unpaired) electrons. The summed E-state index contributed by atoms with van der Waals surface area (Å²) >= 11 is 5.70. The highest BCUT2D eigenvalue weighted by Crippen LogP contribution is 2.31. The number of rotatable bonds is 2. The summed E-state index contributed by atoms with van der Waals surface area (Å²) in [6.07, 6.45) is 0. The van der Waals surface area contributed by atoms with E-state index in [1.54, 1.807) is 20.8 Å². The summed E-state index contributed by atoms with van der Waals surface area (Å²) in [6, 6.07) is 2.78. The van der Waals surface area contributed by atoms with Gasteiger partial charge in [0.25, 0.3) is 0 Å². The van der Waals surface area contributed by atoms with Gasteiger partial charge in [-0.15, -0.1) is 0 Å². The number of hydrogen-bond donors (Lipinski definition) is 1. The van der Waals surface area contributed by atoms with Crippen molar-refractivity contribution in [3.05, 3.63) is 28.3 Å². The van der Waals surface area contributed by atoms with Crippen LogP contribution in [0.25, 0.3) is 0 Å². The number of carbonyl (C=O) groups is 1. The highest BCUT2D eigenvalue weighted by Gasteiger charge is 2.24. The molecule has 0 heterocycles. The summed E-state index contributed by atoms with van der Waals surface area (Å²) in [5.74, 6) is -1.15. The molecule has 0 aliphatic rings. The average molecular weight is 258 g/mol. The summed E-state index contributed by atoms with van der Waals surface area (Å²) in [7, 11) is 0. The molecular formula is C12H14ClO4. The Hall–Kier alpha value is -1.26. The van der Waals surface area contributed by atoms with Gasteiger partial charge in [0.15, 0.2) is 0 Å². The molecule has 0 aromatic heterocycles. The molecule has 5 heteroatoms. The van der Waals surface area contributed by atoms with Crippen LogP contribution in [-0.2, 0) is 16.5 Å². The fraction of sp³-hybridized carbons (Fsp3) is 0.417. The van der Waals surface area contributed by atoms with Gasteiger partial charge in [0, 0.05) is 0 Å². The van der Waals surface area contributed by atoms with Crippen molar-refractivity contribution in [3.63, 3.8) is 0 Å². The Bertz CT molecular complexity index is 435. The first-order valence-corrected chi connectivity index (χ1v) is 5.46. The number of phenols is 1. The van der Waals surface area contributed by atoms with E-state index in [1.807, 2.05) is 0 Å². The summed E-state index contributed by atoms with van der Waals surface area (Å²) in [5, 5.41) is 20.6. The number of benzene rings is 1. The van der Waals surface area contributed by atoms with E-state index in [-0.39, 0.29) is 16.1 Å². The van der Waals surface area contributed by atoms with Gasteiger partial charge in [0.05, 0.1) is 5.02 Å². The molecule has 1 rings (SSSR count). The number of ether oxygens (including phenoxy) is 1. The molecule has 1 aromatic rings. The van der Waals surface area contributed by atoms with Crippen LogP contribution in [0.4, 0.5) is 0 Å². The first-order valence-electron chi connectivity index (χ1n) is 5.08. The highest BCUT2D eigenvalue weighted by atomic mass is 35.5. The van der Waals surface area contributed by atoms with E-state index in [2.05, 4.69) is 0 Å². The van der Waals surface area contributed by atoms with Crippen molar-refractivity contribution in [2.75, 3.05) is 0 Å². The zero-order valence-corrected chi connectivity index (χ0v) is 10.7. The molecule has 0 saturated heterocycles. The minimum atomic E-state index is -0.747. The van der Waals surface area contributed by atoms with Crippen LogP contribution in [0.3, 0.4) is 0 Å². The molecule has 0 unspecified atom stereocenters. The zero-order chi connectivity index (χ0) is 13.2. The maximum Gasteiger partial charge on any atom is 0.342 e. The maximum atomic E-state index is 11.8. The van der Waals surface area contributed by atoms with Gasteiger partial charge in [0.1, 0.15) is 23.5 Å². The van der Waals surface area contributed by atoms with Gasteiger partial charge in [-0.1, -0.05) is 17.7 Å². The lowest BCUT2D eigenvalue weighted by Crippen LogP contribution is -2.24. The predicted molar refractivity (Wildman–Crippen MR) is 62.7 cm³/mol. The summed E-state index contributed by atoms with van der Waals surface area (Å²) < 4.78 is 5.11. The Labute approximate surface area is 105 Å². The van der Waals surface area contributed by atoms with Crippen LogP contribution >= 0.6 is 11.6 Å². The molecule has 0 amide bonds. The molecule has 93 valence electrons. The Morgan fingerprint density at radius 2 is 2.00 bits per heavy atom. The van der Waals surface area contributed by atoms with Crippen molar-refractivity contribution >= 4 is 17.6 Å². The molecule has 4 nitrogen and oxygen atoms in total. The second-order valence-corrected chi connectivity index (χ2v) is 4.98. The highest BCUT2D eigenvalue weighted by molar-refractivity contribution is 6.32. The minimum Gasteiger partial charge on any atom is -0.505 e. The van der Waals surface area contributed by atoms with E-state index < -0.39 is 23.9 Å². The maximum absolute atomic E-state index is 11.8. The third-order valence-electron chi connectivity index (χ3n) is 1.97. The minimum absolute atomic E-state index is 0.0167. The van der Waals surface area contributed by atoms with Crippen molar-refractivity contribution < 1.29 is 19.7 Å². The van der Waals surface area contributed by atoms with Gasteiger partial charge in [-0.25, -0.2) is 9.90 Å². The molecule has 0 fully saturated rings. The second kappa shape index (κ2) is 4.94. The van der Waals surface area contributed by atoms with Crippen LogP contribution in [0.15, 0.2) is 12.1 Å². The standard InChI is InChI=1S/C12H14ClO4/c1-12(2,3)17-11(16)9-7(6-14)4-5-8(13)10(9)15/h4-5,15H,6H2,1-3H3. The molecule has 0 aliphatic carbocycles. The zero-order valence-electron chi connectivity index (χ0n) is 9.91. The molecule has 1 aromatic carbocycles. The van der Waals surface area contributed by atoms with E-state index in [0.717, 1.165) is 0 Å². The number of hydrogen-bond acceptors (Lipinski definition) is 3. The molecule has 17 heavy (non-hydrogen) atoms. The molecule has 0 saturated carbocycles. The van der Waals surface area contributed by atoms with Crippen LogP contribution in [0, 0.1) is 0 Å². The predicted octanol–water partition coefficient (Wildman–Crippen LogP) is 2.93. The van der Waals surface area contributed by atoms with Gasteiger partial charge in [-0.05, 0) is 32.4 Å². The number of halogens is 1. The van der Waals surface area contributed by atoms with E-state index in [0.29, 0.717) is 0 Å². The number of phenolic OH excluding ortho intramolecular Hbond substituents is 1. The molecule has 0 bridgehead atoms. The SMILES string of the molecule is CC(C)(C)OC(=O)c1c(C[O])ccc(Cl)c1O. The Kier molecular flexibility index (Phi) is 4.01. The summed E-state index contributed by atoms with van der Waals surface area (Å²) in [4.78, 5) is 11.8. The van der Waals surface area contributed by atoms with Gasteiger partial charge < -0.3 is 9.84 Å². The van der Waals surface area contributed by atoms with Crippen molar-refractivity contribution in [2.24, 2.45) is 0 Å². The molecule has 0 aliphatic heterocycles. The Morgan fingerprint density at radius 3 is 2.47 bits per heavy atom. The molecule has 1 N–H and O–H groups in total. The fourth-order valence-electron chi connectivity index (χ4n) is 1.28. The van der Waals surface area contributed by atoms with Crippen LogP contribution in [0.1, 0.15) is 36.7 Å². The van der Waals surface area contributed by atoms with Crippen LogP contribution < -0.4 is 0 Å². The van der Waals surface area contributed by atoms with Crippen molar-refractivity contribution in [1.82, 2.24) is 0 Å². The lowest BCUT2D eigenvalue weighted by atomic mass is 10.1. The van der Waals surface area contributed by atoms with E-state index >= 15 is 0 Å². The van der Waals surface area contributed by atoms with E-state index in [9.17, 15) is 15.0 Å². The van der Waals surface area contributed by atoms with E-state index in [4.69, 9.17) is 16.3 Å². The monoisotopic (exact) mass is 257 g/mol. The van der Waals surface area contributed by atoms with Gasteiger partial charge in [0.2, 0.25) is 0 Å². The Morgan fingerprint density at radius 1 is 1.41 bits per heavy atom. The number of aromatic hydroxyl groups is 1. The lowest BCUT2D eigenvalue weighted by molar-refractivity contribution is 0.00623. The van der Waals surface area contributed by atoms with Crippen molar-refractivity contribution in [2.45, 2.75) is 33.0 Å². The Balaban J connectivity index is 3.20. The van der Waals surface area contributed by atoms with Crippen LogP contribution in [-0.4, -0.2) is 16.7 Å². The third-order valence-corrected chi connectivity index (χ3v) is 2.28. The number of esters is 1. The van der Waals surface area contributed by atoms with E-state index in [1.165, 1.54) is 12.1 Å². The summed E-state index contributed by atoms with van der Waals surface area (Å²) in [5.41, 5.74) is -0.685. The van der Waals surface area contributed by atoms with Crippen LogP contribution in [0.5, 0.6) is 5.75 Å². The molecule has 0 spiro atoms. The lowest BCUT2D eigenvalue weighted by Gasteiger charge is -2.20. The quantitative estimate of drug-likeness (QED) is 0.829. The second-order valence-electron chi connectivity index (χ2n) is 4.58. The third kappa shape index (κ3) is 3.35. The van der Waals surface area contributed by atoms with Gasteiger partial charge >= 0.3 is 5.97 Å². The van der Waals surface area contributed by atoms with Crippen molar-refractivity contribution in [3.8, 4) is 5.75 Å². The topological polar surface area (TPSA) is 66.4 Å². The van der Waals surface area contributed by atoms with Crippen LogP contribution in [0.2, 0.25) is 5.02 Å². The fourth-order valence-corrected chi connectivity index (χ4v) is 1.44.